The van der Waals surface area contributed by atoms with Gasteiger partial charge >= 0.3 is 0 Å². The van der Waals surface area contributed by atoms with Crippen molar-refractivity contribution in [1.82, 2.24) is 0 Å². The summed E-state index contributed by atoms with van der Waals surface area (Å²) in [5.41, 5.74) is 6.33. The number of nitrogens with two attached hydrogens (primary N) is 1. The van der Waals surface area contributed by atoms with Crippen molar-refractivity contribution in [3.8, 4) is 5.75 Å². The van der Waals surface area contributed by atoms with Gasteiger partial charge in [-0.1, -0.05) is 0 Å². The second-order valence-corrected chi connectivity index (χ2v) is 5.11. The van der Waals surface area contributed by atoms with Crippen LogP contribution in [-0.4, -0.2) is 17.6 Å². The first-order valence-electron chi connectivity index (χ1n) is 5.75. The van der Waals surface area contributed by atoms with Crippen LogP contribution in [0.3, 0.4) is 0 Å². The van der Waals surface area contributed by atoms with Crippen LogP contribution in [0, 0.1) is 0 Å². The lowest BCUT2D eigenvalue weighted by atomic mass is 10.0. The van der Waals surface area contributed by atoms with Gasteiger partial charge in [0.1, 0.15) is 5.75 Å². The second kappa shape index (κ2) is 3.65. The second-order valence-electron chi connectivity index (χ2n) is 5.11. The lowest BCUT2D eigenvalue weighted by molar-refractivity contribution is -0.133. The summed E-state index contributed by atoms with van der Waals surface area (Å²) in [6.07, 6.45) is 0. The van der Waals surface area contributed by atoms with Crippen LogP contribution in [0.2, 0.25) is 0 Å². The van der Waals surface area contributed by atoms with Crippen molar-refractivity contribution < 1.29 is 9.53 Å². The Balaban J connectivity index is 2.58. The highest BCUT2D eigenvalue weighted by Crippen LogP contribution is 2.39. The number of fused-ring (bicyclic) bond motifs is 1. The van der Waals surface area contributed by atoms with E-state index in [1.54, 1.807) is 30.9 Å². The summed E-state index contributed by atoms with van der Waals surface area (Å²) in [4.78, 5) is 14.1. The molecule has 17 heavy (non-hydrogen) atoms. The third-order valence-corrected chi connectivity index (χ3v) is 2.86. The maximum Gasteiger partial charge on any atom is 0.270 e. The van der Waals surface area contributed by atoms with Crippen molar-refractivity contribution >= 4 is 17.3 Å². The highest BCUT2D eigenvalue weighted by molar-refractivity contribution is 6.03. The number of benzene rings is 1. The molecule has 0 saturated carbocycles. The van der Waals surface area contributed by atoms with Crippen molar-refractivity contribution in [1.29, 1.82) is 0 Å². The van der Waals surface area contributed by atoms with Crippen LogP contribution in [0.5, 0.6) is 5.75 Å². The first kappa shape index (κ1) is 11.8. The summed E-state index contributed by atoms with van der Waals surface area (Å²) in [5, 5.41) is 0. The molecule has 0 saturated heterocycles. The van der Waals surface area contributed by atoms with Gasteiger partial charge in [0.2, 0.25) is 0 Å². The summed E-state index contributed by atoms with van der Waals surface area (Å²) < 4.78 is 5.72. The lowest BCUT2D eigenvalue weighted by Crippen LogP contribution is -2.54. The smallest absolute Gasteiger partial charge is 0.270 e. The van der Waals surface area contributed by atoms with Gasteiger partial charge in [0, 0.05) is 17.8 Å². The molecule has 0 bridgehead atoms. The van der Waals surface area contributed by atoms with Crippen LogP contribution < -0.4 is 15.4 Å². The standard InChI is InChI=1S/C13H18N2O2/c1-8(2)15-10-6-5-9(14)7-11(10)17-13(3,4)12(15)16/h5-8H,14H2,1-4H3. The van der Waals surface area contributed by atoms with Crippen molar-refractivity contribution in [3.63, 3.8) is 0 Å². The largest absolute Gasteiger partial charge is 0.476 e. The van der Waals surface area contributed by atoms with Gasteiger partial charge in [-0.15, -0.1) is 0 Å². The first-order valence-corrected chi connectivity index (χ1v) is 5.75. The van der Waals surface area contributed by atoms with Gasteiger partial charge in [0.15, 0.2) is 5.60 Å². The summed E-state index contributed by atoms with van der Waals surface area (Å²) in [7, 11) is 0. The van der Waals surface area contributed by atoms with Gasteiger partial charge in [-0.3, -0.25) is 4.79 Å². The minimum atomic E-state index is -0.842. The summed E-state index contributed by atoms with van der Waals surface area (Å²) in [5.74, 6) is 0.646. The third kappa shape index (κ3) is 1.84. The molecule has 92 valence electrons. The zero-order chi connectivity index (χ0) is 12.8. The van der Waals surface area contributed by atoms with E-state index in [1.807, 2.05) is 19.9 Å². The Labute approximate surface area is 101 Å². The van der Waals surface area contributed by atoms with Gasteiger partial charge in [-0.2, -0.15) is 0 Å². The Hall–Kier alpha value is -1.71. The summed E-state index contributed by atoms with van der Waals surface area (Å²) in [6, 6.07) is 5.47. The van der Waals surface area contributed by atoms with E-state index in [9.17, 15) is 4.79 Å². The Morgan fingerprint density at radius 3 is 2.59 bits per heavy atom. The van der Waals surface area contributed by atoms with E-state index in [0.29, 0.717) is 11.4 Å². The zero-order valence-corrected chi connectivity index (χ0v) is 10.7. The van der Waals surface area contributed by atoms with Crippen LogP contribution in [-0.2, 0) is 4.79 Å². The molecule has 0 aliphatic carbocycles. The fraction of sp³-hybridized carbons (Fsp3) is 0.462. The molecule has 0 spiro atoms. The van der Waals surface area contributed by atoms with E-state index >= 15 is 0 Å². The maximum absolute atomic E-state index is 12.3. The molecular formula is C13H18N2O2. The van der Waals surface area contributed by atoms with Crippen LogP contribution in [0.4, 0.5) is 11.4 Å². The van der Waals surface area contributed by atoms with E-state index in [4.69, 9.17) is 10.5 Å². The molecule has 1 heterocycles. The van der Waals surface area contributed by atoms with Crippen molar-refractivity contribution in [2.45, 2.75) is 39.3 Å². The van der Waals surface area contributed by atoms with Crippen LogP contribution >= 0.6 is 0 Å². The minimum Gasteiger partial charge on any atom is -0.476 e. The van der Waals surface area contributed by atoms with Gasteiger partial charge < -0.3 is 15.4 Å². The molecule has 4 heteroatoms. The maximum atomic E-state index is 12.3. The topological polar surface area (TPSA) is 55.6 Å². The molecule has 0 radical (unpaired) electrons. The average Bonchev–Trinajstić information content (AvgIpc) is 2.19. The predicted molar refractivity (Wildman–Crippen MR) is 68.2 cm³/mol. The highest BCUT2D eigenvalue weighted by Gasteiger charge is 2.41. The molecule has 0 unspecified atom stereocenters. The molecule has 0 aromatic heterocycles. The third-order valence-electron chi connectivity index (χ3n) is 2.86. The average molecular weight is 234 g/mol. The number of anilines is 2. The Morgan fingerprint density at radius 2 is 2.00 bits per heavy atom. The van der Waals surface area contributed by atoms with Gasteiger partial charge in [0.25, 0.3) is 5.91 Å². The summed E-state index contributed by atoms with van der Waals surface area (Å²) >= 11 is 0. The van der Waals surface area contributed by atoms with Crippen LogP contribution in [0.1, 0.15) is 27.7 Å². The molecule has 0 atom stereocenters. The van der Waals surface area contributed by atoms with Crippen molar-refractivity contribution in [3.05, 3.63) is 18.2 Å². The number of hydrogen-bond acceptors (Lipinski definition) is 3. The molecule has 1 aliphatic heterocycles. The van der Waals surface area contributed by atoms with Crippen LogP contribution in [0.15, 0.2) is 18.2 Å². The number of ether oxygens (including phenoxy) is 1. The number of amides is 1. The van der Waals surface area contributed by atoms with E-state index in [2.05, 4.69) is 0 Å². The fourth-order valence-electron chi connectivity index (χ4n) is 2.04. The number of nitrogens with zero attached hydrogens (tertiary/aromatic N) is 1. The molecule has 4 nitrogen and oxygen atoms in total. The monoisotopic (exact) mass is 234 g/mol. The Morgan fingerprint density at radius 1 is 1.35 bits per heavy atom. The Bertz CT molecular complexity index is 466. The van der Waals surface area contributed by atoms with Crippen molar-refractivity contribution in [2.75, 3.05) is 10.6 Å². The Kier molecular flexibility index (Phi) is 2.53. The minimum absolute atomic E-state index is 0.0234. The quantitative estimate of drug-likeness (QED) is 0.758. The van der Waals surface area contributed by atoms with Gasteiger partial charge in [-0.25, -0.2) is 0 Å². The summed E-state index contributed by atoms with van der Waals surface area (Å²) in [6.45, 7) is 7.52. The number of rotatable bonds is 1. The first-order chi connectivity index (χ1) is 7.83. The molecule has 1 amide bonds. The van der Waals surface area contributed by atoms with Gasteiger partial charge in [-0.05, 0) is 39.8 Å². The zero-order valence-electron chi connectivity index (χ0n) is 10.7. The molecule has 2 N–H and O–H groups in total. The molecular weight excluding hydrogens is 216 g/mol. The van der Waals surface area contributed by atoms with E-state index in [-0.39, 0.29) is 11.9 Å². The number of carbonyl (C=O) groups excluding carboxylic acids is 1. The van der Waals surface area contributed by atoms with Crippen LogP contribution in [0.25, 0.3) is 0 Å². The molecule has 0 fully saturated rings. The molecule has 2 rings (SSSR count). The highest BCUT2D eigenvalue weighted by atomic mass is 16.5. The number of carbonyl (C=O) groups is 1. The molecule has 1 aliphatic rings. The van der Waals surface area contributed by atoms with E-state index in [1.165, 1.54) is 0 Å². The van der Waals surface area contributed by atoms with E-state index < -0.39 is 5.60 Å². The van der Waals surface area contributed by atoms with E-state index in [0.717, 1.165) is 5.69 Å². The molecule has 1 aromatic rings. The fourth-order valence-corrected chi connectivity index (χ4v) is 2.04. The normalized spacial score (nSPS) is 17.9. The predicted octanol–water partition coefficient (Wildman–Crippen LogP) is 2.18. The number of nitrogen functional groups attached to an aromatic ring is 1. The van der Waals surface area contributed by atoms with Crippen molar-refractivity contribution in [2.24, 2.45) is 0 Å². The van der Waals surface area contributed by atoms with Gasteiger partial charge in [0.05, 0.1) is 5.69 Å². The molecule has 1 aromatic carbocycles. The SMILES string of the molecule is CC(C)N1C(=O)C(C)(C)Oc2cc(N)ccc21. The number of hydrogen-bond donors (Lipinski definition) is 1. The lowest BCUT2D eigenvalue weighted by Gasteiger charge is -2.40.